The minimum Gasteiger partial charge on any atom is -0.449 e. The SMILES string of the molecule is O=C1CCN(c2ccco2)CC1. The Labute approximate surface area is 71.0 Å². The van der Waals surface area contributed by atoms with Gasteiger partial charge in [-0.15, -0.1) is 0 Å². The van der Waals surface area contributed by atoms with Crippen molar-refractivity contribution < 1.29 is 9.21 Å². The molecule has 0 aromatic carbocycles. The van der Waals surface area contributed by atoms with Crippen molar-refractivity contribution >= 4 is 11.7 Å². The molecule has 1 fully saturated rings. The van der Waals surface area contributed by atoms with E-state index in [0.29, 0.717) is 18.6 Å². The summed E-state index contributed by atoms with van der Waals surface area (Å²) in [6.45, 7) is 1.60. The van der Waals surface area contributed by atoms with Crippen LogP contribution in [-0.4, -0.2) is 18.9 Å². The van der Waals surface area contributed by atoms with Crippen molar-refractivity contribution in [1.29, 1.82) is 0 Å². The molecule has 1 aliphatic heterocycles. The van der Waals surface area contributed by atoms with E-state index in [-0.39, 0.29) is 0 Å². The molecule has 0 amide bonds. The van der Waals surface area contributed by atoms with Crippen LogP contribution in [0, 0.1) is 0 Å². The predicted molar refractivity (Wildman–Crippen MR) is 45.2 cm³/mol. The molecule has 0 radical (unpaired) electrons. The lowest BCUT2D eigenvalue weighted by Gasteiger charge is -2.25. The Morgan fingerprint density at radius 2 is 2.08 bits per heavy atom. The van der Waals surface area contributed by atoms with Crippen molar-refractivity contribution in [3.8, 4) is 0 Å². The van der Waals surface area contributed by atoms with Crippen LogP contribution in [0.25, 0.3) is 0 Å². The van der Waals surface area contributed by atoms with E-state index in [9.17, 15) is 4.79 Å². The van der Waals surface area contributed by atoms with Crippen LogP contribution in [0.2, 0.25) is 0 Å². The zero-order valence-corrected chi connectivity index (χ0v) is 6.82. The van der Waals surface area contributed by atoms with E-state index in [0.717, 1.165) is 19.0 Å². The molecular formula is C9H11NO2. The minimum atomic E-state index is 0.359. The van der Waals surface area contributed by atoms with Gasteiger partial charge < -0.3 is 9.32 Å². The van der Waals surface area contributed by atoms with E-state index in [1.807, 2.05) is 12.1 Å². The Morgan fingerprint density at radius 3 is 2.67 bits per heavy atom. The highest BCUT2D eigenvalue weighted by atomic mass is 16.3. The number of piperidine rings is 1. The highest BCUT2D eigenvalue weighted by Crippen LogP contribution is 2.18. The predicted octanol–water partition coefficient (Wildman–Crippen LogP) is 1.45. The van der Waals surface area contributed by atoms with Gasteiger partial charge in [0.1, 0.15) is 5.78 Å². The van der Waals surface area contributed by atoms with E-state index in [1.54, 1.807) is 6.26 Å². The number of hydrogen-bond donors (Lipinski definition) is 0. The third kappa shape index (κ3) is 1.35. The van der Waals surface area contributed by atoms with E-state index < -0.39 is 0 Å². The first-order valence-electron chi connectivity index (χ1n) is 4.16. The summed E-state index contributed by atoms with van der Waals surface area (Å²) in [4.78, 5) is 13.0. The molecule has 12 heavy (non-hydrogen) atoms. The Morgan fingerprint density at radius 1 is 1.33 bits per heavy atom. The van der Waals surface area contributed by atoms with Crippen molar-refractivity contribution in [2.24, 2.45) is 0 Å². The maximum absolute atomic E-state index is 10.9. The number of rotatable bonds is 1. The number of nitrogens with zero attached hydrogens (tertiary/aromatic N) is 1. The topological polar surface area (TPSA) is 33.5 Å². The summed E-state index contributed by atoms with van der Waals surface area (Å²) in [5, 5.41) is 0. The first kappa shape index (κ1) is 7.40. The van der Waals surface area contributed by atoms with Gasteiger partial charge in [0, 0.05) is 32.0 Å². The normalized spacial score (nSPS) is 18.3. The van der Waals surface area contributed by atoms with Crippen LogP contribution < -0.4 is 4.90 Å². The molecule has 64 valence electrons. The monoisotopic (exact) mass is 165 g/mol. The molecule has 0 spiro atoms. The van der Waals surface area contributed by atoms with Crippen LogP contribution >= 0.6 is 0 Å². The molecule has 0 bridgehead atoms. The number of Topliss-reactive ketones (excluding diaryl/α,β-unsaturated/α-hetero) is 1. The number of hydrogen-bond acceptors (Lipinski definition) is 3. The zero-order chi connectivity index (χ0) is 8.39. The van der Waals surface area contributed by atoms with Crippen LogP contribution in [-0.2, 0) is 4.79 Å². The summed E-state index contributed by atoms with van der Waals surface area (Å²) >= 11 is 0. The maximum atomic E-state index is 10.9. The van der Waals surface area contributed by atoms with E-state index in [4.69, 9.17) is 4.42 Å². The number of carbonyl (C=O) groups excluding carboxylic acids is 1. The quantitative estimate of drug-likeness (QED) is 0.631. The Bertz CT molecular complexity index is 256. The zero-order valence-electron chi connectivity index (χ0n) is 6.82. The highest BCUT2D eigenvalue weighted by molar-refractivity contribution is 5.80. The maximum Gasteiger partial charge on any atom is 0.195 e. The minimum absolute atomic E-state index is 0.359. The summed E-state index contributed by atoms with van der Waals surface area (Å²) < 4.78 is 5.22. The molecule has 0 unspecified atom stereocenters. The van der Waals surface area contributed by atoms with Gasteiger partial charge in [-0.1, -0.05) is 0 Å². The van der Waals surface area contributed by atoms with Gasteiger partial charge in [-0.25, -0.2) is 0 Å². The Kier molecular flexibility index (Phi) is 1.86. The van der Waals surface area contributed by atoms with Gasteiger partial charge in [0.15, 0.2) is 5.88 Å². The lowest BCUT2D eigenvalue weighted by atomic mass is 10.1. The molecule has 3 nitrogen and oxygen atoms in total. The van der Waals surface area contributed by atoms with Crippen molar-refractivity contribution in [3.63, 3.8) is 0 Å². The van der Waals surface area contributed by atoms with Crippen LogP contribution in [0.15, 0.2) is 22.8 Å². The second kappa shape index (κ2) is 3.01. The molecule has 1 saturated heterocycles. The second-order valence-corrected chi connectivity index (χ2v) is 2.98. The first-order chi connectivity index (χ1) is 5.86. The molecule has 0 aliphatic carbocycles. The van der Waals surface area contributed by atoms with Crippen LogP contribution in [0.4, 0.5) is 5.88 Å². The number of anilines is 1. The highest BCUT2D eigenvalue weighted by Gasteiger charge is 2.17. The van der Waals surface area contributed by atoms with E-state index >= 15 is 0 Å². The molecule has 1 aromatic rings. The van der Waals surface area contributed by atoms with Gasteiger partial charge in [-0.2, -0.15) is 0 Å². The molecule has 2 rings (SSSR count). The molecule has 0 saturated carbocycles. The van der Waals surface area contributed by atoms with Gasteiger partial charge in [0.05, 0.1) is 6.26 Å². The molecular weight excluding hydrogens is 154 g/mol. The third-order valence-electron chi connectivity index (χ3n) is 2.14. The average Bonchev–Trinajstić information content (AvgIpc) is 2.58. The molecule has 3 heteroatoms. The number of carbonyl (C=O) groups is 1. The van der Waals surface area contributed by atoms with Crippen molar-refractivity contribution in [2.75, 3.05) is 18.0 Å². The fourth-order valence-electron chi connectivity index (χ4n) is 1.43. The van der Waals surface area contributed by atoms with Gasteiger partial charge in [0.25, 0.3) is 0 Å². The van der Waals surface area contributed by atoms with Crippen LogP contribution in [0.3, 0.4) is 0 Å². The molecule has 0 N–H and O–H groups in total. The molecule has 1 aromatic heterocycles. The fraction of sp³-hybridized carbons (Fsp3) is 0.444. The van der Waals surface area contributed by atoms with Crippen LogP contribution in [0.5, 0.6) is 0 Å². The molecule has 1 aliphatic rings. The Balaban J connectivity index is 2.03. The molecule has 2 heterocycles. The van der Waals surface area contributed by atoms with E-state index in [1.165, 1.54) is 0 Å². The summed E-state index contributed by atoms with van der Waals surface area (Å²) in [7, 11) is 0. The van der Waals surface area contributed by atoms with Crippen molar-refractivity contribution in [3.05, 3.63) is 18.4 Å². The second-order valence-electron chi connectivity index (χ2n) is 2.98. The number of furan rings is 1. The summed E-state index contributed by atoms with van der Waals surface area (Å²) in [6, 6.07) is 3.79. The van der Waals surface area contributed by atoms with Gasteiger partial charge in [-0.05, 0) is 6.07 Å². The van der Waals surface area contributed by atoms with E-state index in [2.05, 4.69) is 4.90 Å². The van der Waals surface area contributed by atoms with Gasteiger partial charge >= 0.3 is 0 Å². The van der Waals surface area contributed by atoms with Crippen LogP contribution in [0.1, 0.15) is 12.8 Å². The first-order valence-corrected chi connectivity index (χ1v) is 4.16. The van der Waals surface area contributed by atoms with Gasteiger partial charge in [0.2, 0.25) is 0 Å². The lowest BCUT2D eigenvalue weighted by molar-refractivity contribution is -0.119. The van der Waals surface area contributed by atoms with Crippen molar-refractivity contribution in [2.45, 2.75) is 12.8 Å². The largest absolute Gasteiger partial charge is 0.449 e. The fourth-order valence-corrected chi connectivity index (χ4v) is 1.43. The van der Waals surface area contributed by atoms with Gasteiger partial charge in [-0.3, -0.25) is 4.79 Å². The third-order valence-corrected chi connectivity index (χ3v) is 2.14. The average molecular weight is 165 g/mol. The molecule has 0 atom stereocenters. The summed E-state index contributed by atoms with van der Waals surface area (Å²) in [5.74, 6) is 1.24. The van der Waals surface area contributed by atoms with Crippen molar-refractivity contribution in [1.82, 2.24) is 0 Å². The standard InChI is InChI=1S/C9H11NO2/c11-8-3-5-10(6-4-8)9-2-1-7-12-9/h1-2,7H,3-6H2. The summed E-state index contributed by atoms with van der Waals surface area (Å²) in [6.07, 6.45) is 2.97. The lowest BCUT2D eigenvalue weighted by Crippen LogP contribution is -2.33. The summed E-state index contributed by atoms with van der Waals surface area (Å²) in [5.41, 5.74) is 0. The smallest absolute Gasteiger partial charge is 0.195 e. The number of ketones is 1. The Hall–Kier alpha value is -1.25.